The summed E-state index contributed by atoms with van der Waals surface area (Å²) in [6.07, 6.45) is 3.99. The number of hydrogen-bond acceptors (Lipinski definition) is 4. The van der Waals surface area contributed by atoms with Gasteiger partial charge in [-0.25, -0.2) is 4.79 Å². The van der Waals surface area contributed by atoms with Gasteiger partial charge in [-0.15, -0.1) is 5.06 Å². The molecule has 2 unspecified atom stereocenters. The smallest absolute Gasteiger partial charge is 0.330 e. The summed E-state index contributed by atoms with van der Waals surface area (Å²) >= 11 is 0. The summed E-state index contributed by atoms with van der Waals surface area (Å²) in [5.74, 6) is -0.139. The molecule has 1 aliphatic heterocycles. The number of carbonyl (C=O) groups is 1. The van der Waals surface area contributed by atoms with Gasteiger partial charge in [-0.3, -0.25) is 0 Å². The van der Waals surface area contributed by atoms with Crippen LogP contribution in [0.3, 0.4) is 0 Å². The lowest BCUT2D eigenvalue weighted by Gasteiger charge is -2.44. The highest BCUT2D eigenvalue weighted by Gasteiger charge is 2.38. The molecule has 0 saturated carbocycles. The van der Waals surface area contributed by atoms with Crippen molar-refractivity contribution in [3.05, 3.63) is 35.9 Å². The molecule has 25 heavy (non-hydrogen) atoms. The molecule has 0 aromatic heterocycles. The second-order valence-electron chi connectivity index (χ2n) is 8.15. The maximum atomic E-state index is 12.4. The SMILES string of the molecule is CCC1CC(NCc2ccccc2)CC(CC)N1OC(=O)C(C)(C)C. The van der Waals surface area contributed by atoms with Gasteiger partial charge in [0.05, 0.1) is 5.41 Å². The monoisotopic (exact) mass is 346 g/mol. The summed E-state index contributed by atoms with van der Waals surface area (Å²) in [5.41, 5.74) is 0.837. The Kier molecular flexibility index (Phi) is 7.03. The van der Waals surface area contributed by atoms with E-state index in [0.717, 1.165) is 32.2 Å². The van der Waals surface area contributed by atoms with Crippen LogP contribution in [0.4, 0.5) is 0 Å². The molecule has 1 fully saturated rings. The van der Waals surface area contributed by atoms with Gasteiger partial charge in [-0.1, -0.05) is 44.2 Å². The van der Waals surface area contributed by atoms with Crippen molar-refractivity contribution in [1.82, 2.24) is 10.4 Å². The van der Waals surface area contributed by atoms with Gasteiger partial charge in [-0.2, -0.15) is 0 Å². The average Bonchev–Trinajstić information content (AvgIpc) is 2.60. The van der Waals surface area contributed by atoms with Gasteiger partial charge in [-0.05, 0) is 52.0 Å². The van der Waals surface area contributed by atoms with Crippen LogP contribution in [0.15, 0.2) is 30.3 Å². The Labute approximate surface area is 152 Å². The third-order valence-electron chi connectivity index (χ3n) is 5.01. The number of nitrogens with zero attached hydrogens (tertiary/aromatic N) is 1. The minimum atomic E-state index is -0.473. The first-order chi connectivity index (χ1) is 11.8. The topological polar surface area (TPSA) is 41.6 Å². The zero-order valence-electron chi connectivity index (χ0n) is 16.4. The van der Waals surface area contributed by atoms with Gasteiger partial charge in [0.25, 0.3) is 0 Å². The third-order valence-corrected chi connectivity index (χ3v) is 5.01. The zero-order chi connectivity index (χ0) is 18.4. The zero-order valence-corrected chi connectivity index (χ0v) is 16.4. The van der Waals surface area contributed by atoms with E-state index in [1.54, 1.807) is 0 Å². The molecule has 4 heteroatoms. The van der Waals surface area contributed by atoms with Crippen LogP contribution in [0.5, 0.6) is 0 Å². The van der Waals surface area contributed by atoms with Gasteiger partial charge in [0.1, 0.15) is 0 Å². The van der Waals surface area contributed by atoms with Crippen molar-refractivity contribution in [1.29, 1.82) is 0 Å². The van der Waals surface area contributed by atoms with Crippen molar-refractivity contribution in [2.75, 3.05) is 0 Å². The highest BCUT2D eigenvalue weighted by atomic mass is 16.7. The standard InChI is InChI=1S/C21H34N2O2/c1-6-18-13-17(22-15-16-11-9-8-10-12-16)14-19(7-2)23(18)25-20(24)21(3,4)5/h8-12,17-19,22H,6-7,13-15H2,1-5H3. The molecule has 4 nitrogen and oxygen atoms in total. The van der Waals surface area contributed by atoms with Gasteiger partial charge in [0, 0.05) is 24.7 Å². The van der Waals surface area contributed by atoms with Gasteiger partial charge in [0.2, 0.25) is 0 Å². The Bertz CT molecular complexity index is 525. The van der Waals surface area contributed by atoms with E-state index in [9.17, 15) is 4.79 Å². The van der Waals surface area contributed by atoms with E-state index in [-0.39, 0.29) is 18.1 Å². The number of rotatable bonds is 6. The molecule has 1 N–H and O–H groups in total. The number of benzene rings is 1. The number of piperidine rings is 1. The molecule has 2 rings (SSSR count). The van der Waals surface area contributed by atoms with Crippen LogP contribution >= 0.6 is 0 Å². The lowest BCUT2D eigenvalue weighted by Crippen LogP contribution is -2.54. The highest BCUT2D eigenvalue weighted by Crippen LogP contribution is 2.29. The van der Waals surface area contributed by atoms with Crippen LogP contribution in [-0.2, 0) is 16.2 Å². The molecule has 1 saturated heterocycles. The van der Waals surface area contributed by atoms with Crippen LogP contribution in [0.2, 0.25) is 0 Å². The Morgan fingerprint density at radius 3 is 2.16 bits per heavy atom. The van der Waals surface area contributed by atoms with Crippen LogP contribution in [0, 0.1) is 5.41 Å². The molecule has 2 atom stereocenters. The fraction of sp³-hybridized carbons (Fsp3) is 0.667. The molecule has 0 radical (unpaired) electrons. The molecule has 0 aliphatic carbocycles. The van der Waals surface area contributed by atoms with Crippen LogP contribution in [0.25, 0.3) is 0 Å². The summed E-state index contributed by atoms with van der Waals surface area (Å²) in [6.45, 7) is 11.0. The summed E-state index contributed by atoms with van der Waals surface area (Å²) in [6, 6.07) is 11.5. The molecule has 1 aromatic carbocycles. The van der Waals surface area contributed by atoms with Gasteiger partial charge < -0.3 is 10.2 Å². The Hall–Kier alpha value is -1.39. The summed E-state index contributed by atoms with van der Waals surface area (Å²) in [4.78, 5) is 18.2. The normalized spacial score (nSPS) is 24.9. The fourth-order valence-electron chi connectivity index (χ4n) is 3.36. The quantitative estimate of drug-likeness (QED) is 0.834. The second kappa shape index (κ2) is 8.81. The largest absolute Gasteiger partial charge is 0.367 e. The van der Waals surface area contributed by atoms with Crippen molar-refractivity contribution in [2.24, 2.45) is 5.41 Å². The number of nitrogens with one attached hydrogen (secondary N) is 1. The van der Waals surface area contributed by atoms with E-state index in [1.807, 2.05) is 31.9 Å². The van der Waals surface area contributed by atoms with E-state index in [2.05, 4.69) is 43.4 Å². The fourth-order valence-corrected chi connectivity index (χ4v) is 3.36. The first-order valence-electron chi connectivity index (χ1n) is 9.63. The molecule has 1 aliphatic rings. The maximum absolute atomic E-state index is 12.4. The molecular weight excluding hydrogens is 312 g/mol. The number of hydroxylamine groups is 2. The van der Waals surface area contributed by atoms with Gasteiger partial charge in [0.15, 0.2) is 0 Å². The second-order valence-corrected chi connectivity index (χ2v) is 8.15. The predicted molar refractivity (Wildman–Crippen MR) is 102 cm³/mol. The van der Waals surface area contributed by atoms with E-state index >= 15 is 0 Å². The van der Waals surface area contributed by atoms with Crippen LogP contribution < -0.4 is 5.32 Å². The average molecular weight is 347 g/mol. The summed E-state index contributed by atoms with van der Waals surface area (Å²) in [5, 5.41) is 5.70. The minimum absolute atomic E-state index is 0.139. The first kappa shape index (κ1) is 19.9. The molecule has 140 valence electrons. The Morgan fingerprint density at radius 2 is 1.68 bits per heavy atom. The third kappa shape index (κ3) is 5.55. The van der Waals surface area contributed by atoms with Crippen molar-refractivity contribution in [3.8, 4) is 0 Å². The van der Waals surface area contributed by atoms with Crippen LogP contribution in [-0.4, -0.2) is 29.2 Å². The van der Waals surface area contributed by atoms with Crippen molar-refractivity contribution in [3.63, 3.8) is 0 Å². The molecule has 0 bridgehead atoms. The Balaban J connectivity index is 1.99. The molecule has 1 heterocycles. The predicted octanol–water partition coefficient (Wildman–Crippen LogP) is 4.30. The molecule has 0 spiro atoms. The van der Waals surface area contributed by atoms with Crippen molar-refractivity contribution < 1.29 is 9.63 Å². The van der Waals surface area contributed by atoms with E-state index in [4.69, 9.17) is 4.84 Å². The van der Waals surface area contributed by atoms with E-state index in [1.165, 1.54) is 5.56 Å². The lowest BCUT2D eigenvalue weighted by atomic mass is 9.90. The lowest BCUT2D eigenvalue weighted by molar-refractivity contribution is -0.235. The molecule has 0 amide bonds. The van der Waals surface area contributed by atoms with Gasteiger partial charge >= 0.3 is 5.97 Å². The minimum Gasteiger partial charge on any atom is -0.367 e. The molecule has 1 aromatic rings. The maximum Gasteiger partial charge on any atom is 0.330 e. The molecular formula is C21H34N2O2. The Morgan fingerprint density at radius 1 is 1.12 bits per heavy atom. The van der Waals surface area contributed by atoms with Crippen LogP contribution in [0.1, 0.15) is 65.9 Å². The van der Waals surface area contributed by atoms with Crippen molar-refractivity contribution in [2.45, 2.75) is 85.0 Å². The summed E-state index contributed by atoms with van der Waals surface area (Å²) < 4.78 is 0. The van der Waals surface area contributed by atoms with Crippen molar-refractivity contribution >= 4 is 5.97 Å². The van der Waals surface area contributed by atoms with E-state index in [0.29, 0.717) is 6.04 Å². The number of hydrogen-bond donors (Lipinski definition) is 1. The first-order valence-corrected chi connectivity index (χ1v) is 9.63. The summed E-state index contributed by atoms with van der Waals surface area (Å²) in [7, 11) is 0. The number of carbonyl (C=O) groups excluding carboxylic acids is 1. The highest BCUT2D eigenvalue weighted by molar-refractivity contribution is 5.75. The van der Waals surface area contributed by atoms with E-state index < -0.39 is 5.41 Å².